The average molecular weight is 1070 g/mol. The first-order valence-electron chi connectivity index (χ1n) is 24.9. The predicted molar refractivity (Wildman–Crippen MR) is 288 cm³/mol. The van der Waals surface area contributed by atoms with Crippen molar-refractivity contribution in [2.24, 2.45) is 5.41 Å². The number of carbonyl (C=O) groups excluding carboxylic acids is 4. The van der Waals surface area contributed by atoms with Crippen LogP contribution in [0, 0.1) is 19.3 Å². The molecule has 0 aliphatic carbocycles. The van der Waals surface area contributed by atoms with Gasteiger partial charge in [-0.1, -0.05) is 51.1 Å². The van der Waals surface area contributed by atoms with Crippen molar-refractivity contribution in [1.82, 2.24) is 40.1 Å². The molecule has 2 saturated heterocycles. The summed E-state index contributed by atoms with van der Waals surface area (Å²) in [5.41, 5.74) is 6.39. The van der Waals surface area contributed by atoms with Crippen LogP contribution in [-0.2, 0) is 45.2 Å². The van der Waals surface area contributed by atoms with E-state index < -0.39 is 56.9 Å². The van der Waals surface area contributed by atoms with Crippen molar-refractivity contribution in [3.8, 4) is 10.4 Å². The molecule has 0 saturated carbocycles. The van der Waals surface area contributed by atoms with E-state index in [1.165, 1.54) is 4.90 Å². The average Bonchev–Trinajstić information content (AvgIpc) is 3.98. The molecule has 20 nitrogen and oxygen atoms in total. The number of nitrogens with zero attached hydrogens (tertiary/aromatic N) is 6. The minimum atomic E-state index is -3.73. The first kappa shape index (κ1) is 56.2. The number of ether oxygens (including phenoxy) is 2. The van der Waals surface area contributed by atoms with E-state index in [1.54, 1.807) is 73.0 Å². The van der Waals surface area contributed by atoms with Crippen LogP contribution in [0.1, 0.15) is 64.8 Å². The molecular formula is C53H69N11O9S2. The molecule has 2 aliphatic heterocycles. The third-order valence-electron chi connectivity index (χ3n) is 12.5. The third kappa shape index (κ3) is 15.5. The molecule has 2 aromatic heterocycles. The largest absolute Gasteiger partial charge is 0.391 e. The molecule has 7 rings (SSSR count). The van der Waals surface area contributed by atoms with Gasteiger partial charge in [-0.2, -0.15) is 4.98 Å². The molecule has 3 aromatic carbocycles. The standard InChI is InChI=1S/C53H69N11O9S2/c1-34-28-55-51(60-48(34)57-39-10-9-11-42(26-39)75(70,71)61-53(6,7)8)58-38-16-18-40(19-17-38)62-20-22-63(23-21-62)45(67)32-73-25-24-72-31-44(66)59-47(52(3,4)5)50(69)64-30-41(65)27-43(64)49(68)54-29-36-12-14-37(15-13-36)46-35(2)56-33-74-46/h9-19,26,28,33,41,43,47,61,65H,20-25,27,29-32H2,1-8H3,(H,54,68)(H,59,66)(H2,55,57,58,60)/t41-,43+,47-/m1/s1. The number of sulfonamides is 1. The maximum absolute atomic E-state index is 14.0. The number of nitrogens with one attached hydrogen (secondary N) is 5. The zero-order valence-electron chi connectivity index (χ0n) is 43.8. The second-order valence-electron chi connectivity index (χ2n) is 20.8. The summed E-state index contributed by atoms with van der Waals surface area (Å²) in [6.45, 7) is 16.7. The number of hydrogen-bond acceptors (Lipinski definition) is 16. The van der Waals surface area contributed by atoms with Gasteiger partial charge < -0.3 is 50.5 Å². The number of benzene rings is 3. The van der Waals surface area contributed by atoms with Gasteiger partial charge in [-0.05, 0) is 93.6 Å². The van der Waals surface area contributed by atoms with Gasteiger partial charge in [0.15, 0.2) is 0 Å². The van der Waals surface area contributed by atoms with Crippen LogP contribution >= 0.6 is 11.3 Å². The van der Waals surface area contributed by atoms with Crippen LogP contribution in [0.4, 0.5) is 28.8 Å². The second-order valence-corrected chi connectivity index (χ2v) is 23.4. The summed E-state index contributed by atoms with van der Waals surface area (Å²) in [6.07, 6.45) is 0.859. The van der Waals surface area contributed by atoms with Gasteiger partial charge >= 0.3 is 0 Å². The molecule has 0 unspecified atom stereocenters. The van der Waals surface area contributed by atoms with Crippen molar-refractivity contribution in [3.05, 3.63) is 101 Å². The lowest BCUT2D eigenvalue weighted by molar-refractivity contribution is -0.144. The number of rotatable bonds is 20. The summed E-state index contributed by atoms with van der Waals surface area (Å²) >= 11 is 1.56. The Kier molecular flexibility index (Phi) is 18.3. The maximum Gasteiger partial charge on any atom is 0.248 e. The minimum absolute atomic E-state index is 0.0362. The lowest BCUT2D eigenvalue weighted by Crippen LogP contribution is -2.58. The van der Waals surface area contributed by atoms with E-state index in [2.05, 4.69) is 45.8 Å². The van der Waals surface area contributed by atoms with Gasteiger partial charge in [0.25, 0.3) is 0 Å². The number of anilines is 5. The molecule has 0 bridgehead atoms. The number of likely N-dealkylation sites (tertiary alicyclic amines) is 1. The number of amides is 4. The molecule has 3 atom stereocenters. The molecule has 6 N–H and O–H groups in total. The normalized spacial score (nSPS) is 16.6. The topological polar surface area (TPSA) is 250 Å². The number of β-amino-alcohol motifs (C(OH)–C–C–N with tert-alkyl or cyclic N) is 1. The molecule has 0 radical (unpaired) electrons. The molecule has 2 fully saturated rings. The second kappa shape index (κ2) is 24.4. The molecule has 0 spiro atoms. The van der Waals surface area contributed by atoms with Gasteiger partial charge in [0, 0.05) is 80.1 Å². The smallest absolute Gasteiger partial charge is 0.248 e. The van der Waals surface area contributed by atoms with Crippen molar-refractivity contribution in [2.75, 3.05) is 74.7 Å². The number of thiazole rings is 1. The summed E-state index contributed by atoms with van der Waals surface area (Å²) < 4.78 is 39.7. The number of aliphatic hydroxyl groups is 1. The van der Waals surface area contributed by atoms with Gasteiger partial charge in [-0.3, -0.25) is 19.2 Å². The fourth-order valence-electron chi connectivity index (χ4n) is 8.58. The molecule has 402 valence electrons. The van der Waals surface area contributed by atoms with Gasteiger partial charge in [0.2, 0.25) is 39.6 Å². The molecule has 22 heteroatoms. The SMILES string of the molecule is Cc1cnc(Nc2ccc(N3CCN(C(=O)COCCOCC(=O)N[C@H](C(=O)N4C[C@H](O)C[C@H]4C(=O)NCc4ccc(-c5scnc5C)cc4)C(C)(C)C)CC3)cc2)nc1Nc1cccc(S(=O)(=O)NC(C)(C)C)c1. The van der Waals surface area contributed by atoms with Crippen molar-refractivity contribution in [1.29, 1.82) is 0 Å². The van der Waals surface area contributed by atoms with Crippen LogP contribution in [-0.4, -0.2) is 145 Å². The highest BCUT2D eigenvalue weighted by Gasteiger charge is 2.44. The number of piperazine rings is 1. The first-order chi connectivity index (χ1) is 35.5. The van der Waals surface area contributed by atoms with Gasteiger partial charge in [0.1, 0.15) is 31.1 Å². The Bertz CT molecular complexity index is 2900. The van der Waals surface area contributed by atoms with Crippen molar-refractivity contribution >= 4 is 73.8 Å². The van der Waals surface area contributed by atoms with Gasteiger partial charge in [-0.15, -0.1) is 11.3 Å². The zero-order valence-corrected chi connectivity index (χ0v) is 45.4. The zero-order chi connectivity index (χ0) is 54.1. The van der Waals surface area contributed by atoms with Crippen LogP contribution in [0.3, 0.4) is 0 Å². The molecule has 5 aromatic rings. The van der Waals surface area contributed by atoms with Crippen LogP contribution in [0.25, 0.3) is 10.4 Å². The van der Waals surface area contributed by atoms with Crippen LogP contribution in [0.15, 0.2) is 89.4 Å². The number of carbonyl (C=O) groups is 4. The number of hydrogen-bond donors (Lipinski definition) is 6. The minimum Gasteiger partial charge on any atom is -0.391 e. The number of aromatic nitrogens is 3. The predicted octanol–water partition coefficient (Wildman–Crippen LogP) is 5.27. The fourth-order valence-corrected chi connectivity index (χ4v) is 10.9. The van der Waals surface area contributed by atoms with Crippen molar-refractivity contribution < 1.29 is 42.2 Å². The van der Waals surface area contributed by atoms with E-state index in [0.29, 0.717) is 43.6 Å². The Hall–Kier alpha value is -6.56. The van der Waals surface area contributed by atoms with E-state index in [1.807, 2.05) is 83.1 Å². The Labute approximate surface area is 443 Å². The highest BCUT2D eigenvalue weighted by atomic mass is 32.2. The van der Waals surface area contributed by atoms with E-state index in [-0.39, 0.29) is 56.7 Å². The lowest BCUT2D eigenvalue weighted by Gasteiger charge is -2.36. The van der Waals surface area contributed by atoms with Crippen LogP contribution in [0.2, 0.25) is 0 Å². The Morgan fingerprint density at radius 1 is 0.853 bits per heavy atom. The molecule has 2 aliphatic rings. The molecule has 4 amide bonds. The van der Waals surface area contributed by atoms with Crippen molar-refractivity contribution in [2.45, 2.75) is 97.0 Å². The quantitative estimate of drug-likeness (QED) is 0.0544. The number of aliphatic hydroxyl groups excluding tert-OH is 1. The summed E-state index contributed by atoms with van der Waals surface area (Å²) in [4.78, 5) is 73.5. The molecular weight excluding hydrogens is 999 g/mol. The highest BCUT2D eigenvalue weighted by Crippen LogP contribution is 2.30. The van der Waals surface area contributed by atoms with Crippen molar-refractivity contribution in [3.63, 3.8) is 0 Å². The third-order valence-corrected chi connectivity index (χ3v) is 15.2. The van der Waals surface area contributed by atoms with E-state index in [9.17, 15) is 32.7 Å². The van der Waals surface area contributed by atoms with Crippen LogP contribution < -0.4 is 30.9 Å². The highest BCUT2D eigenvalue weighted by molar-refractivity contribution is 7.89. The molecule has 4 heterocycles. The van der Waals surface area contributed by atoms with E-state index in [4.69, 9.17) is 9.47 Å². The van der Waals surface area contributed by atoms with Crippen LogP contribution in [0.5, 0.6) is 0 Å². The first-order valence-corrected chi connectivity index (χ1v) is 27.2. The summed E-state index contributed by atoms with van der Waals surface area (Å²) in [5, 5.41) is 22.7. The summed E-state index contributed by atoms with van der Waals surface area (Å²) in [7, 11) is -3.73. The summed E-state index contributed by atoms with van der Waals surface area (Å²) in [6, 6.07) is 20.3. The van der Waals surface area contributed by atoms with Gasteiger partial charge in [-0.25, -0.2) is 23.1 Å². The fraction of sp³-hybridized carbons (Fsp3) is 0.453. The Balaban J connectivity index is 0.798. The molecule has 75 heavy (non-hydrogen) atoms. The van der Waals surface area contributed by atoms with E-state index >= 15 is 0 Å². The Morgan fingerprint density at radius 3 is 2.20 bits per heavy atom. The Morgan fingerprint density at radius 2 is 1.55 bits per heavy atom. The van der Waals surface area contributed by atoms with Gasteiger partial charge in [0.05, 0.1) is 40.3 Å². The number of aryl methyl sites for hydroxylation is 2. The van der Waals surface area contributed by atoms with E-state index in [0.717, 1.165) is 38.6 Å². The lowest BCUT2D eigenvalue weighted by atomic mass is 9.85. The summed E-state index contributed by atoms with van der Waals surface area (Å²) in [5.74, 6) is -0.680. The monoisotopic (exact) mass is 1070 g/mol. The maximum atomic E-state index is 14.0.